The molecule has 32 valence electrons. The van der Waals surface area contributed by atoms with E-state index in [1.54, 1.807) is 0 Å². The van der Waals surface area contributed by atoms with E-state index in [2.05, 4.69) is 0 Å². The molecule has 0 fully saturated rings. The van der Waals surface area contributed by atoms with Crippen molar-refractivity contribution in [3.05, 3.63) is 0 Å². The van der Waals surface area contributed by atoms with Crippen molar-refractivity contribution in [2.45, 2.75) is 13.8 Å². The van der Waals surface area contributed by atoms with Crippen LogP contribution in [0.3, 0.4) is 0 Å². The Labute approximate surface area is 34.8 Å². The molecule has 0 rings (SSSR count). The van der Waals surface area contributed by atoms with Crippen LogP contribution in [-0.4, -0.2) is 13.1 Å². The van der Waals surface area contributed by atoms with Gasteiger partial charge in [-0.05, 0) is 13.1 Å². The summed E-state index contributed by atoms with van der Waals surface area (Å²) in [5, 5.41) is 1.50. The van der Waals surface area contributed by atoms with Gasteiger partial charge >= 0.3 is 0 Å². The van der Waals surface area contributed by atoms with Crippen LogP contribution >= 0.6 is 0 Å². The van der Waals surface area contributed by atoms with E-state index < -0.39 is 0 Å². The monoisotopic (exact) mass is 74.1 g/mol. The zero-order chi connectivity index (χ0) is 4.99. The molecule has 0 atom stereocenters. The zero-order valence-corrected chi connectivity index (χ0v) is 3.86. The highest BCUT2D eigenvalue weighted by Crippen LogP contribution is 1.47. The second-order valence-corrected chi connectivity index (χ2v) is 0.856. The lowest BCUT2D eigenvalue weighted by Crippen LogP contribution is -2.09. The molecule has 0 aliphatic carbocycles. The normalized spacial score (nSPS) is 12.2. The second kappa shape index (κ2) is 3.96. The average molecular weight is 74.1 g/mol. The van der Waals surface area contributed by atoms with E-state index in [-0.39, 0.29) is 0 Å². The van der Waals surface area contributed by atoms with Crippen molar-refractivity contribution in [1.82, 2.24) is 5.31 Å². The number of nitrogens with one attached hydrogen (secondary N) is 1. The van der Waals surface area contributed by atoms with Gasteiger partial charge in [0.1, 0.15) is 1.41 Å². The van der Waals surface area contributed by atoms with E-state index in [1.165, 1.54) is 5.31 Å². The zero-order valence-electron chi connectivity index (χ0n) is 4.86. The highest BCUT2D eigenvalue weighted by atomic mass is 14.8. The second-order valence-electron chi connectivity index (χ2n) is 0.856. The fourth-order valence-electron chi connectivity index (χ4n) is 0.224. The third-order valence-corrected chi connectivity index (χ3v) is 0.447. The topological polar surface area (TPSA) is 12.0 Å². The molecule has 0 saturated carbocycles. The third-order valence-electron chi connectivity index (χ3n) is 0.447. The van der Waals surface area contributed by atoms with E-state index in [0.717, 1.165) is 13.1 Å². The predicted molar refractivity (Wildman–Crippen MR) is 24.2 cm³/mol. The highest BCUT2D eigenvalue weighted by molar-refractivity contribution is 4.27. The molecule has 0 heterocycles. The first-order valence-electron chi connectivity index (χ1n) is 2.49. The van der Waals surface area contributed by atoms with Crippen molar-refractivity contribution in [2.75, 3.05) is 13.1 Å². The summed E-state index contributed by atoms with van der Waals surface area (Å²) in [6.07, 6.45) is 0. The van der Waals surface area contributed by atoms with Crippen LogP contribution in [0.1, 0.15) is 13.8 Å². The van der Waals surface area contributed by atoms with Crippen molar-refractivity contribution in [2.24, 2.45) is 0 Å². The van der Waals surface area contributed by atoms with Gasteiger partial charge in [0.05, 0.1) is 0 Å². The number of hydrogen-bond acceptors (Lipinski definition) is 1. The molecule has 1 heteroatoms. The van der Waals surface area contributed by atoms with Crippen LogP contribution in [0, 0.1) is 0 Å². The lowest BCUT2D eigenvalue weighted by Gasteiger charge is -1.86. The van der Waals surface area contributed by atoms with Crippen LogP contribution in [0.2, 0.25) is 1.41 Å². The van der Waals surface area contributed by atoms with Gasteiger partial charge in [-0.3, -0.25) is 0 Å². The molecule has 0 aromatic carbocycles. The maximum absolute atomic E-state index is 6.90. The van der Waals surface area contributed by atoms with Gasteiger partial charge in [0.15, 0.2) is 0 Å². The molecule has 0 radical (unpaired) electrons. The quantitative estimate of drug-likeness (QED) is 0.506. The Kier molecular flexibility index (Phi) is 2.50. The maximum atomic E-state index is 6.90. The highest BCUT2D eigenvalue weighted by Gasteiger charge is 1.62. The average Bonchev–Trinajstić information content (AvgIpc) is 1.65. The number of hydrogen-bond donors (Lipinski definition) is 1. The van der Waals surface area contributed by atoms with E-state index >= 15 is 0 Å². The van der Waals surface area contributed by atoms with Gasteiger partial charge in [-0.1, -0.05) is 13.8 Å². The van der Waals surface area contributed by atoms with Crippen molar-refractivity contribution < 1.29 is 1.41 Å². The van der Waals surface area contributed by atoms with Crippen molar-refractivity contribution in [3.8, 4) is 0 Å². The van der Waals surface area contributed by atoms with Gasteiger partial charge in [0.2, 0.25) is 0 Å². The Bertz CT molecular complexity index is 26.7. The molecule has 0 aromatic heterocycles. The van der Waals surface area contributed by atoms with Gasteiger partial charge in [-0.2, -0.15) is 0 Å². The van der Waals surface area contributed by atoms with Gasteiger partial charge < -0.3 is 5.31 Å². The van der Waals surface area contributed by atoms with Crippen LogP contribution in [0.25, 0.3) is 0 Å². The maximum Gasteiger partial charge on any atom is 0.122 e. The Balaban J connectivity index is 2.75. The smallest absolute Gasteiger partial charge is 0.122 e. The lowest BCUT2D eigenvalue weighted by molar-refractivity contribution is 0.762. The van der Waals surface area contributed by atoms with Gasteiger partial charge in [0, 0.05) is 0 Å². The molecule has 0 aliphatic rings. The van der Waals surface area contributed by atoms with Crippen LogP contribution in [0.5, 0.6) is 0 Å². The molecule has 0 spiro atoms. The van der Waals surface area contributed by atoms with Crippen LogP contribution in [0.4, 0.5) is 0 Å². The fourth-order valence-corrected chi connectivity index (χ4v) is 0.224. The van der Waals surface area contributed by atoms with E-state index in [4.69, 9.17) is 1.41 Å². The summed E-state index contributed by atoms with van der Waals surface area (Å²) in [6.45, 7) is 5.60. The fraction of sp³-hybridized carbons (Fsp3) is 1.00. The molecular formula is C4H11N. The van der Waals surface area contributed by atoms with Crippen LogP contribution in [0.15, 0.2) is 0 Å². The SMILES string of the molecule is [2H]N(CC)CC. The minimum absolute atomic E-state index is 0.830. The Morgan fingerprint density at radius 3 is 2.00 bits per heavy atom. The minimum Gasteiger partial charge on any atom is -0.317 e. The van der Waals surface area contributed by atoms with Crippen molar-refractivity contribution in [3.63, 3.8) is 0 Å². The van der Waals surface area contributed by atoms with E-state index in [1.807, 2.05) is 13.8 Å². The first-order chi connectivity index (χ1) is 2.81. The largest absolute Gasteiger partial charge is 0.317 e. The van der Waals surface area contributed by atoms with Crippen molar-refractivity contribution >= 4 is 0 Å². The van der Waals surface area contributed by atoms with Crippen LogP contribution < -0.4 is 5.31 Å². The molecule has 0 aromatic rings. The summed E-state index contributed by atoms with van der Waals surface area (Å²) in [6, 6.07) is 0. The van der Waals surface area contributed by atoms with Gasteiger partial charge in [-0.15, -0.1) is 0 Å². The Morgan fingerprint density at radius 2 is 2.00 bits per heavy atom. The lowest BCUT2D eigenvalue weighted by atomic mass is 10.7. The van der Waals surface area contributed by atoms with Gasteiger partial charge in [-0.25, -0.2) is 0 Å². The molecule has 0 amide bonds. The minimum atomic E-state index is 0.830. The predicted octanol–water partition coefficient (Wildman–Crippen LogP) is 0.616. The standard InChI is InChI=1S/C4H11N/c1-3-5-4-2/h5H,3-4H2,1-2H3/i/hD. The number of rotatable bonds is 2. The molecular weight excluding hydrogens is 62.1 g/mol. The molecule has 5 heavy (non-hydrogen) atoms. The molecule has 0 bridgehead atoms. The Hall–Kier alpha value is -0.0400. The molecule has 0 saturated heterocycles. The first kappa shape index (κ1) is 3.16. The molecule has 0 unspecified atom stereocenters. The molecule has 0 aliphatic heterocycles. The first-order valence-corrected chi connectivity index (χ1v) is 2.05. The van der Waals surface area contributed by atoms with Gasteiger partial charge in [0.25, 0.3) is 0 Å². The third kappa shape index (κ3) is 3.96. The Morgan fingerprint density at radius 1 is 1.60 bits per heavy atom. The molecule has 1 nitrogen and oxygen atoms in total. The summed E-state index contributed by atoms with van der Waals surface area (Å²) >= 11 is 0. The van der Waals surface area contributed by atoms with E-state index in [0.29, 0.717) is 0 Å². The summed E-state index contributed by atoms with van der Waals surface area (Å²) in [7, 11) is 0. The van der Waals surface area contributed by atoms with E-state index in [9.17, 15) is 0 Å². The van der Waals surface area contributed by atoms with Crippen molar-refractivity contribution in [1.29, 1.82) is 0 Å². The summed E-state index contributed by atoms with van der Waals surface area (Å²) in [5.41, 5.74) is 0. The molecule has 1 N–H and O–H groups in total. The summed E-state index contributed by atoms with van der Waals surface area (Å²) in [4.78, 5) is 0. The summed E-state index contributed by atoms with van der Waals surface area (Å²) in [5.74, 6) is 0. The van der Waals surface area contributed by atoms with Crippen LogP contribution in [-0.2, 0) is 0 Å². The summed E-state index contributed by atoms with van der Waals surface area (Å²) < 4.78 is 6.90.